The van der Waals surface area contributed by atoms with Gasteiger partial charge in [0.25, 0.3) is 10.2 Å². The Morgan fingerprint density at radius 1 is 1.50 bits per heavy atom. The molecule has 0 bridgehead atoms. The minimum Gasteiger partial charge on any atom is -0.314 e. The molecule has 0 saturated carbocycles. The van der Waals surface area contributed by atoms with Crippen molar-refractivity contribution in [2.75, 3.05) is 26.7 Å². The van der Waals surface area contributed by atoms with E-state index in [0.29, 0.717) is 19.1 Å². The van der Waals surface area contributed by atoms with Crippen molar-refractivity contribution in [3.05, 3.63) is 0 Å². The molecule has 1 rings (SSSR count). The largest absolute Gasteiger partial charge is 0.314 e. The van der Waals surface area contributed by atoms with E-state index in [-0.39, 0.29) is 12.4 Å². The van der Waals surface area contributed by atoms with Crippen LogP contribution in [-0.2, 0) is 10.2 Å². The summed E-state index contributed by atoms with van der Waals surface area (Å²) >= 11 is 0. The number of nitrogens with one attached hydrogen (secondary N) is 2. The molecule has 1 heterocycles. The van der Waals surface area contributed by atoms with Crippen LogP contribution in [0.5, 0.6) is 0 Å². The maximum Gasteiger partial charge on any atom is 0.279 e. The normalized spacial score (nSPS) is 21.1. The summed E-state index contributed by atoms with van der Waals surface area (Å²) in [4.78, 5) is 0. The highest BCUT2D eigenvalue weighted by atomic mass is 35.5. The van der Waals surface area contributed by atoms with Crippen LogP contribution >= 0.6 is 12.4 Å². The Morgan fingerprint density at radius 3 is 2.69 bits per heavy atom. The maximum atomic E-state index is 11.5. The fraction of sp³-hybridized carbons (Fsp3) is 1.00. The van der Waals surface area contributed by atoms with Crippen molar-refractivity contribution >= 4 is 22.6 Å². The first-order valence-electron chi connectivity index (χ1n) is 5.50. The van der Waals surface area contributed by atoms with Crippen LogP contribution in [0.3, 0.4) is 0 Å². The van der Waals surface area contributed by atoms with Crippen molar-refractivity contribution in [1.29, 1.82) is 0 Å². The van der Waals surface area contributed by atoms with Crippen molar-refractivity contribution in [2.24, 2.45) is 0 Å². The van der Waals surface area contributed by atoms with Crippen LogP contribution in [0.4, 0.5) is 0 Å². The van der Waals surface area contributed by atoms with Gasteiger partial charge in [0.2, 0.25) is 0 Å². The van der Waals surface area contributed by atoms with Gasteiger partial charge in [-0.05, 0) is 25.8 Å². The van der Waals surface area contributed by atoms with Gasteiger partial charge >= 0.3 is 0 Å². The Balaban J connectivity index is 0.00000225. The zero-order valence-electron chi connectivity index (χ0n) is 9.90. The summed E-state index contributed by atoms with van der Waals surface area (Å²) in [6.07, 6.45) is 3.23. The lowest BCUT2D eigenvalue weighted by Crippen LogP contribution is -2.39. The molecule has 1 aliphatic rings. The van der Waals surface area contributed by atoms with Gasteiger partial charge in [-0.3, -0.25) is 0 Å². The minimum absolute atomic E-state index is 0. The van der Waals surface area contributed by atoms with Gasteiger partial charge in [0.15, 0.2) is 0 Å². The molecule has 1 saturated heterocycles. The van der Waals surface area contributed by atoms with E-state index in [1.165, 1.54) is 10.7 Å². The second-order valence-electron chi connectivity index (χ2n) is 3.90. The van der Waals surface area contributed by atoms with E-state index in [1.54, 1.807) is 7.05 Å². The van der Waals surface area contributed by atoms with Crippen molar-refractivity contribution in [2.45, 2.75) is 32.2 Å². The molecule has 0 unspecified atom stereocenters. The van der Waals surface area contributed by atoms with Crippen LogP contribution in [-0.4, -0.2) is 45.4 Å². The molecular weight excluding hydrogens is 250 g/mol. The molecule has 5 nitrogen and oxygen atoms in total. The quantitative estimate of drug-likeness (QED) is 0.732. The van der Waals surface area contributed by atoms with E-state index in [4.69, 9.17) is 0 Å². The third-order valence-electron chi connectivity index (χ3n) is 2.80. The standard InChI is InChI=1S/C9H21N3O2S.ClH/c1-3-12(2)15(13,14)11-8-6-9-5-4-7-10-9;/h9-11H,3-8H2,1-2H3;1H/t9-;/m1./s1. The average molecular weight is 272 g/mol. The average Bonchev–Trinajstić information content (AvgIpc) is 2.69. The fourth-order valence-corrected chi connectivity index (χ4v) is 2.58. The minimum atomic E-state index is -3.25. The van der Waals surface area contributed by atoms with E-state index in [9.17, 15) is 8.42 Å². The first kappa shape index (κ1) is 16.1. The predicted molar refractivity (Wildman–Crippen MR) is 68.1 cm³/mol. The molecule has 0 aromatic rings. The van der Waals surface area contributed by atoms with Crippen LogP contribution in [0.2, 0.25) is 0 Å². The summed E-state index contributed by atoms with van der Waals surface area (Å²) in [5.41, 5.74) is 0. The van der Waals surface area contributed by atoms with Gasteiger partial charge < -0.3 is 5.32 Å². The molecule has 0 radical (unpaired) electrons. The Morgan fingerprint density at radius 2 is 2.19 bits per heavy atom. The second kappa shape index (κ2) is 7.45. The molecule has 0 amide bonds. The third kappa shape index (κ3) is 4.97. The zero-order valence-corrected chi connectivity index (χ0v) is 11.5. The molecule has 1 atom stereocenters. The topological polar surface area (TPSA) is 61.4 Å². The van der Waals surface area contributed by atoms with Crippen LogP contribution in [0, 0.1) is 0 Å². The maximum absolute atomic E-state index is 11.5. The van der Waals surface area contributed by atoms with Gasteiger partial charge in [-0.25, -0.2) is 4.72 Å². The Bertz CT molecular complexity index is 278. The van der Waals surface area contributed by atoms with Crippen LogP contribution in [0.1, 0.15) is 26.2 Å². The number of nitrogens with zero attached hydrogens (tertiary/aromatic N) is 1. The SMILES string of the molecule is CCN(C)S(=O)(=O)NCC[C@H]1CCCN1.Cl. The van der Waals surface area contributed by atoms with Crippen molar-refractivity contribution in [1.82, 2.24) is 14.3 Å². The van der Waals surface area contributed by atoms with Crippen molar-refractivity contribution in [3.63, 3.8) is 0 Å². The third-order valence-corrected chi connectivity index (χ3v) is 4.44. The van der Waals surface area contributed by atoms with Gasteiger partial charge in [0.05, 0.1) is 0 Å². The van der Waals surface area contributed by atoms with E-state index in [1.807, 2.05) is 6.92 Å². The van der Waals surface area contributed by atoms with Gasteiger partial charge in [-0.1, -0.05) is 6.92 Å². The number of rotatable bonds is 6. The monoisotopic (exact) mass is 271 g/mol. The highest BCUT2D eigenvalue weighted by molar-refractivity contribution is 7.87. The second-order valence-corrected chi connectivity index (χ2v) is 5.76. The molecule has 0 aromatic heterocycles. The van der Waals surface area contributed by atoms with Crippen LogP contribution in [0.25, 0.3) is 0 Å². The van der Waals surface area contributed by atoms with E-state index < -0.39 is 10.2 Å². The molecule has 2 N–H and O–H groups in total. The van der Waals surface area contributed by atoms with Crippen molar-refractivity contribution in [3.8, 4) is 0 Å². The zero-order chi connectivity index (χ0) is 11.3. The number of hydrogen-bond donors (Lipinski definition) is 2. The van der Waals surface area contributed by atoms with E-state index in [0.717, 1.165) is 19.4 Å². The lowest BCUT2D eigenvalue weighted by atomic mass is 10.2. The molecule has 16 heavy (non-hydrogen) atoms. The summed E-state index contributed by atoms with van der Waals surface area (Å²) in [5, 5.41) is 3.34. The molecule has 0 aromatic carbocycles. The Labute approximate surface area is 105 Å². The molecule has 7 heteroatoms. The van der Waals surface area contributed by atoms with Gasteiger partial charge in [-0.15, -0.1) is 12.4 Å². The highest BCUT2D eigenvalue weighted by Gasteiger charge is 2.17. The number of hydrogen-bond acceptors (Lipinski definition) is 3. The smallest absolute Gasteiger partial charge is 0.279 e. The molecule has 1 aliphatic heterocycles. The Hall–Kier alpha value is 0.120. The summed E-state index contributed by atoms with van der Waals surface area (Å²) in [6.45, 7) is 3.89. The summed E-state index contributed by atoms with van der Waals surface area (Å²) in [7, 11) is -1.67. The Kier molecular flexibility index (Phi) is 7.50. The lowest BCUT2D eigenvalue weighted by Gasteiger charge is -2.16. The van der Waals surface area contributed by atoms with Crippen molar-refractivity contribution < 1.29 is 8.42 Å². The predicted octanol–water partition coefficient (Wildman–Crippen LogP) is 0.336. The molecule has 0 spiro atoms. The highest BCUT2D eigenvalue weighted by Crippen LogP contribution is 2.07. The first-order valence-corrected chi connectivity index (χ1v) is 6.94. The number of halogens is 1. The summed E-state index contributed by atoms with van der Waals surface area (Å²) in [6, 6.07) is 0.486. The molecule has 0 aliphatic carbocycles. The van der Waals surface area contributed by atoms with E-state index >= 15 is 0 Å². The van der Waals surface area contributed by atoms with Gasteiger partial charge in [0, 0.05) is 26.2 Å². The first-order chi connectivity index (χ1) is 7.06. The van der Waals surface area contributed by atoms with Crippen LogP contribution < -0.4 is 10.0 Å². The fourth-order valence-electron chi connectivity index (χ4n) is 1.65. The van der Waals surface area contributed by atoms with E-state index in [2.05, 4.69) is 10.0 Å². The summed E-state index contributed by atoms with van der Waals surface area (Å²) < 4.78 is 27.0. The van der Waals surface area contributed by atoms with Gasteiger partial charge in [0.1, 0.15) is 0 Å². The molecule has 1 fully saturated rings. The summed E-state index contributed by atoms with van der Waals surface area (Å²) in [5.74, 6) is 0. The van der Waals surface area contributed by atoms with Crippen LogP contribution in [0.15, 0.2) is 0 Å². The lowest BCUT2D eigenvalue weighted by molar-refractivity contribution is 0.467. The molecule has 98 valence electrons. The van der Waals surface area contributed by atoms with Gasteiger partial charge in [-0.2, -0.15) is 12.7 Å². The molecular formula is C9H22ClN3O2S.